The van der Waals surface area contributed by atoms with Crippen molar-refractivity contribution < 1.29 is 23.9 Å². The molecule has 0 bridgehead atoms. The Labute approximate surface area is 234 Å². The van der Waals surface area contributed by atoms with Crippen LogP contribution < -0.4 is 16.0 Å². The van der Waals surface area contributed by atoms with Gasteiger partial charge in [-0.05, 0) is 74.6 Å². The molecule has 0 saturated carbocycles. The van der Waals surface area contributed by atoms with E-state index in [2.05, 4.69) is 5.32 Å². The first-order chi connectivity index (χ1) is 18.9. The van der Waals surface area contributed by atoms with E-state index in [1.165, 1.54) is 11.9 Å². The minimum Gasteiger partial charge on any atom is -0.444 e. The average Bonchev–Trinajstić information content (AvgIpc) is 3.03. The standard InChI is InChI=1S/C31H36N4O5/c1-19(34(5)30(39)40-31(2,3)4)28(37)33-25-17-16-20-10-6-7-15-26(20)35(29(25)38)18-21-11-8-13-23-22(21)12-9-14-24(23)27(32)36/h6-15,19,25H,16-18H2,1-5H3,(H2,32,36)(H,33,37)/t19-,25-/m0/s1. The average molecular weight is 545 g/mol. The number of ether oxygens (including phenoxy) is 1. The number of nitrogens with one attached hydrogen (secondary N) is 1. The highest BCUT2D eigenvalue weighted by molar-refractivity contribution is 6.07. The van der Waals surface area contributed by atoms with Crippen LogP contribution in [0.5, 0.6) is 0 Å². The van der Waals surface area contributed by atoms with Crippen molar-refractivity contribution in [3.63, 3.8) is 0 Å². The molecule has 0 saturated heterocycles. The van der Waals surface area contributed by atoms with E-state index in [-0.39, 0.29) is 12.5 Å². The molecule has 0 spiro atoms. The predicted molar refractivity (Wildman–Crippen MR) is 154 cm³/mol. The maximum absolute atomic E-state index is 14.0. The molecular formula is C31H36N4O5. The van der Waals surface area contributed by atoms with Gasteiger partial charge in [-0.25, -0.2) is 4.79 Å². The summed E-state index contributed by atoms with van der Waals surface area (Å²) < 4.78 is 5.39. The lowest BCUT2D eigenvalue weighted by atomic mass is 9.99. The van der Waals surface area contributed by atoms with Crippen LogP contribution in [0.1, 0.15) is 55.6 Å². The number of nitrogens with two attached hydrogens (primary N) is 1. The molecule has 0 aromatic heterocycles. The van der Waals surface area contributed by atoms with Crippen LogP contribution in [-0.2, 0) is 27.3 Å². The summed E-state index contributed by atoms with van der Waals surface area (Å²) in [6.45, 7) is 7.09. The monoisotopic (exact) mass is 544 g/mol. The first-order valence-electron chi connectivity index (χ1n) is 13.3. The van der Waals surface area contributed by atoms with Gasteiger partial charge in [-0.1, -0.05) is 48.5 Å². The van der Waals surface area contributed by atoms with Gasteiger partial charge >= 0.3 is 6.09 Å². The number of para-hydroxylation sites is 1. The number of likely N-dealkylation sites (N-methyl/N-ethyl adjacent to an activating group) is 1. The summed E-state index contributed by atoms with van der Waals surface area (Å²) in [5.41, 5.74) is 7.91. The van der Waals surface area contributed by atoms with Crippen LogP contribution in [0.4, 0.5) is 10.5 Å². The van der Waals surface area contributed by atoms with Crippen molar-refractivity contribution in [1.82, 2.24) is 10.2 Å². The first-order valence-corrected chi connectivity index (χ1v) is 13.3. The molecule has 1 aliphatic rings. The summed E-state index contributed by atoms with van der Waals surface area (Å²) >= 11 is 0. The highest BCUT2D eigenvalue weighted by Gasteiger charge is 2.34. The minimum absolute atomic E-state index is 0.231. The van der Waals surface area contributed by atoms with Gasteiger partial charge in [0, 0.05) is 18.3 Å². The number of fused-ring (bicyclic) bond motifs is 2. The van der Waals surface area contributed by atoms with Crippen molar-refractivity contribution in [2.45, 2.75) is 64.8 Å². The predicted octanol–water partition coefficient (Wildman–Crippen LogP) is 4.16. The number of rotatable bonds is 6. The number of nitrogens with zero attached hydrogens (tertiary/aromatic N) is 2. The molecule has 40 heavy (non-hydrogen) atoms. The number of amides is 4. The lowest BCUT2D eigenvalue weighted by molar-refractivity contribution is -0.130. The number of hydrogen-bond acceptors (Lipinski definition) is 5. The second-order valence-corrected chi connectivity index (χ2v) is 11.1. The Hall–Kier alpha value is -4.40. The maximum Gasteiger partial charge on any atom is 0.410 e. The summed E-state index contributed by atoms with van der Waals surface area (Å²) in [5, 5.41) is 4.41. The van der Waals surface area contributed by atoms with Crippen LogP contribution in [0.2, 0.25) is 0 Å². The lowest BCUT2D eigenvalue weighted by Gasteiger charge is -2.30. The van der Waals surface area contributed by atoms with Gasteiger partial charge in [0.05, 0.1) is 6.54 Å². The zero-order valence-corrected chi connectivity index (χ0v) is 23.6. The van der Waals surface area contributed by atoms with Gasteiger partial charge in [-0.2, -0.15) is 0 Å². The zero-order valence-electron chi connectivity index (χ0n) is 23.6. The maximum atomic E-state index is 14.0. The van der Waals surface area contributed by atoms with Gasteiger partial charge in [0.25, 0.3) is 0 Å². The molecule has 0 fully saturated rings. The van der Waals surface area contributed by atoms with Crippen LogP contribution in [0.3, 0.4) is 0 Å². The van der Waals surface area contributed by atoms with Gasteiger partial charge in [0.2, 0.25) is 17.7 Å². The Morgan fingerprint density at radius 1 is 1.05 bits per heavy atom. The fraction of sp³-hybridized carbons (Fsp3) is 0.355. The summed E-state index contributed by atoms with van der Waals surface area (Å²) in [4.78, 5) is 54.7. The van der Waals surface area contributed by atoms with Gasteiger partial charge < -0.3 is 20.7 Å². The van der Waals surface area contributed by atoms with Crippen LogP contribution in [0.15, 0.2) is 60.7 Å². The van der Waals surface area contributed by atoms with E-state index in [4.69, 9.17) is 10.5 Å². The Morgan fingerprint density at radius 3 is 2.42 bits per heavy atom. The fourth-order valence-electron chi connectivity index (χ4n) is 4.87. The Bertz CT molecular complexity index is 1460. The van der Waals surface area contributed by atoms with E-state index < -0.39 is 35.6 Å². The number of hydrogen-bond donors (Lipinski definition) is 2. The Morgan fingerprint density at radius 2 is 1.73 bits per heavy atom. The molecule has 0 radical (unpaired) electrons. The van der Waals surface area contributed by atoms with Crippen LogP contribution in [0, 0.1) is 0 Å². The van der Waals surface area contributed by atoms with E-state index in [0.717, 1.165) is 22.2 Å². The number of primary amides is 1. The second kappa shape index (κ2) is 11.4. The molecule has 9 nitrogen and oxygen atoms in total. The SMILES string of the molecule is C[C@@H](C(=O)N[C@H]1CCc2ccccc2N(Cc2cccc3c(C(N)=O)cccc23)C1=O)N(C)C(=O)OC(C)(C)C. The zero-order chi connectivity index (χ0) is 29.2. The van der Waals surface area contributed by atoms with Gasteiger partial charge in [0.1, 0.15) is 17.7 Å². The van der Waals surface area contributed by atoms with E-state index in [9.17, 15) is 19.2 Å². The van der Waals surface area contributed by atoms with E-state index in [0.29, 0.717) is 23.8 Å². The highest BCUT2D eigenvalue weighted by Crippen LogP contribution is 2.31. The Kier molecular flexibility index (Phi) is 8.13. The lowest BCUT2D eigenvalue weighted by Crippen LogP contribution is -2.54. The van der Waals surface area contributed by atoms with Crippen molar-refractivity contribution in [1.29, 1.82) is 0 Å². The number of aryl methyl sites for hydroxylation is 1. The molecule has 9 heteroatoms. The van der Waals surface area contributed by atoms with E-state index in [1.807, 2.05) is 48.5 Å². The van der Waals surface area contributed by atoms with Crippen molar-refractivity contribution in [2.75, 3.05) is 11.9 Å². The molecule has 3 aromatic carbocycles. The largest absolute Gasteiger partial charge is 0.444 e. The molecule has 4 amide bonds. The molecule has 4 rings (SSSR count). The molecule has 3 aromatic rings. The van der Waals surface area contributed by atoms with Crippen LogP contribution >= 0.6 is 0 Å². The quantitative estimate of drug-likeness (QED) is 0.483. The molecule has 0 unspecified atom stereocenters. The third-order valence-electron chi connectivity index (χ3n) is 7.11. The first kappa shape index (κ1) is 28.6. The van der Waals surface area contributed by atoms with Gasteiger partial charge in [0.15, 0.2) is 0 Å². The van der Waals surface area contributed by atoms with Crippen molar-refractivity contribution in [3.8, 4) is 0 Å². The fourth-order valence-corrected chi connectivity index (χ4v) is 4.87. The van der Waals surface area contributed by atoms with Crippen molar-refractivity contribution in [3.05, 3.63) is 77.4 Å². The number of benzene rings is 3. The number of anilines is 1. The van der Waals surface area contributed by atoms with Gasteiger partial charge in [-0.15, -0.1) is 0 Å². The van der Waals surface area contributed by atoms with Crippen LogP contribution in [0.25, 0.3) is 10.8 Å². The molecule has 0 aliphatic carbocycles. The summed E-state index contributed by atoms with van der Waals surface area (Å²) in [7, 11) is 1.50. The number of carbonyl (C=O) groups excluding carboxylic acids is 4. The summed E-state index contributed by atoms with van der Waals surface area (Å²) in [6.07, 6.45) is 0.367. The summed E-state index contributed by atoms with van der Waals surface area (Å²) in [6, 6.07) is 17.0. The van der Waals surface area contributed by atoms with Gasteiger partial charge in [-0.3, -0.25) is 19.3 Å². The highest BCUT2D eigenvalue weighted by atomic mass is 16.6. The van der Waals surface area contributed by atoms with E-state index in [1.54, 1.807) is 44.7 Å². The third kappa shape index (κ3) is 6.09. The molecule has 2 atom stereocenters. The number of carbonyl (C=O) groups is 4. The topological polar surface area (TPSA) is 122 Å². The molecule has 3 N–H and O–H groups in total. The van der Waals surface area contributed by atoms with Crippen molar-refractivity contribution >= 4 is 40.3 Å². The van der Waals surface area contributed by atoms with E-state index >= 15 is 0 Å². The Balaban J connectivity index is 1.62. The summed E-state index contributed by atoms with van der Waals surface area (Å²) in [5.74, 6) is -1.23. The third-order valence-corrected chi connectivity index (χ3v) is 7.11. The normalized spacial score (nSPS) is 16.1. The minimum atomic E-state index is -0.855. The molecule has 1 heterocycles. The molecular weight excluding hydrogens is 508 g/mol. The van der Waals surface area contributed by atoms with Crippen LogP contribution in [-0.4, -0.2) is 53.4 Å². The smallest absolute Gasteiger partial charge is 0.410 e. The molecule has 210 valence electrons. The molecule has 1 aliphatic heterocycles. The second-order valence-electron chi connectivity index (χ2n) is 11.1. The van der Waals surface area contributed by atoms with Crippen molar-refractivity contribution in [2.24, 2.45) is 5.73 Å².